The number of benzene rings is 1. The number of nitrogens with one attached hydrogen (secondary N) is 1. The number of fused-ring (bicyclic) bond motifs is 1. The van der Waals surface area contributed by atoms with Gasteiger partial charge in [0.2, 0.25) is 12.5 Å². The second kappa shape index (κ2) is 5.50. The van der Waals surface area contributed by atoms with Crippen molar-refractivity contribution in [2.75, 3.05) is 10.2 Å². The molecule has 1 aromatic heterocycles. The summed E-state index contributed by atoms with van der Waals surface area (Å²) in [5, 5.41) is 2.87. The van der Waals surface area contributed by atoms with Crippen LogP contribution in [0, 0.1) is 6.92 Å². The van der Waals surface area contributed by atoms with Crippen molar-refractivity contribution < 1.29 is 14.2 Å². The molecule has 2 heterocycles. The van der Waals surface area contributed by atoms with Crippen LogP contribution in [0.2, 0.25) is 0 Å². The van der Waals surface area contributed by atoms with Crippen LogP contribution in [0.4, 0.5) is 11.4 Å². The Kier molecular flexibility index (Phi) is 3.64. The smallest absolute Gasteiger partial charge is 0.293 e. The molecule has 0 aliphatic carbocycles. The van der Waals surface area contributed by atoms with E-state index in [1.54, 1.807) is 18.7 Å². The molecule has 0 atom stereocenters. The molecule has 1 aliphatic heterocycles. The van der Waals surface area contributed by atoms with Crippen molar-refractivity contribution >= 4 is 23.2 Å². The number of carbonyl (C=O) groups excluding carboxylic acids is 2. The molecule has 118 valence electrons. The maximum absolute atomic E-state index is 13.0. The van der Waals surface area contributed by atoms with E-state index in [-0.39, 0.29) is 18.4 Å². The minimum atomic E-state index is -0.936. The minimum Gasteiger partial charge on any atom is -0.322 e. The Morgan fingerprint density at radius 3 is 2.61 bits per heavy atom. The first-order chi connectivity index (χ1) is 10.9. The van der Waals surface area contributed by atoms with E-state index in [9.17, 15) is 9.59 Å². The molecule has 2 aromatic rings. The first-order valence-electron chi connectivity index (χ1n) is 7.60. The highest BCUT2D eigenvalue weighted by atomic mass is 16.2. The summed E-state index contributed by atoms with van der Waals surface area (Å²) in [6.45, 7) is 5.67. The molecular weight excluding hydrogens is 290 g/mol. The summed E-state index contributed by atoms with van der Waals surface area (Å²) in [5.74, 6) is -0.295. The summed E-state index contributed by atoms with van der Waals surface area (Å²) in [6.07, 6.45) is 1.87. The van der Waals surface area contributed by atoms with Crippen molar-refractivity contribution in [2.24, 2.45) is 0 Å². The Morgan fingerprint density at radius 1 is 1.17 bits per heavy atom. The van der Waals surface area contributed by atoms with Gasteiger partial charge in [-0.1, -0.05) is 18.2 Å². The van der Waals surface area contributed by atoms with Gasteiger partial charge in [0.1, 0.15) is 5.54 Å². The summed E-state index contributed by atoms with van der Waals surface area (Å²) < 4.78 is 1.88. The Bertz CT molecular complexity index is 783. The normalized spacial score (nSPS) is 15.8. The number of aromatic nitrogens is 1. The summed E-state index contributed by atoms with van der Waals surface area (Å²) in [7, 11) is 0. The van der Waals surface area contributed by atoms with Crippen molar-refractivity contribution in [3.63, 3.8) is 0 Å². The number of para-hydroxylation sites is 2. The molecule has 1 aliphatic rings. The van der Waals surface area contributed by atoms with E-state index in [1.165, 1.54) is 0 Å². The van der Waals surface area contributed by atoms with Crippen molar-refractivity contribution in [1.29, 1.82) is 0 Å². The molecule has 0 unspecified atom stereocenters. The zero-order valence-electron chi connectivity index (χ0n) is 13.5. The van der Waals surface area contributed by atoms with Gasteiger partial charge >= 0.3 is 0 Å². The average molecular weight is 310 g/mol. The molecule has 5 nitrogen and oxygen atoms in total. The molecule has 3 rings (SSSR count). The fourth-order valence-electron chi connectivity index (χ4n) is 2.85. The van der Waals surface area contributed by atoms with Crippen LogP contribution in [-0.4, -0.2) is 17.4 Å². The largest absolute Gasteiger partial charge is 0.322 e. The molecule has 0 radical (unpaired) electrons. The highest BCUT2D eigenvalue weighted by Crippen LogP contribution is 2.36. The van der Waals surface area contributed by atoms with Gasteiger partial charge in [-0.25, -0.2) is 0 Å². The lowest BCUT2D eigenvalue weighted by molar-refractivity contribution is -0.690. The Hall–Kier alpha value is -2.69. The van der Waals surface area contributed by atoms with E-state index >= 15 is 0 Å². The highest BCUT2D eigenvalue weighted by molar-refractivity contribution is 6.13. The fourth-order valence-corrected chi connectivity index (χ4v) is 2.85. The highest BCUT2D eigenvalue weighted by Gasteiger charge is 2.44. The maximum atomic E-state index is 13.0. The zero-order valence-corrected chi connectivity index (χ0v) is 13.5. The van der Waals surface area contributed by atoms with E-state index < -0.39 is 5.54 Å². The van der Waals surface area contributed by atoms with Crippen molar-refractivity contribution in [3.8, 4) is 0 Å². The van der Waals surface area contributed by atoms with Gasteiger partial charge in [0.25, 0.3) is 5.91 Å². The first kappa shape index (κ1) is 15.2. The first-order valence-corrected chi connectivity index (χ1v) is 7.60. The predicted molar refractivity (Wildman–Crippen MR) is 88.0 cm³/mol. The molecule has 0 fully saturated rings. The Morgan fingerprint density at radius 2 is 1.87 bits per heavy atom. The number of aryl methyl sites for hydroxylation is 1. The number of hydrogen-bond donors (Lipinski definition) is 1. The number of anilines is 2. The van der Waals surface area contributed by atoms with Crippen LogP contribution in [0.5, 0.6) is 0 Å². The van der Waals surface area contributed by atoms with E-state index in [0.29, 0.717) is 5.69 Å². The van der Waals surface area contributed by atoms with Crippen LogP contribution in [0.25, 0.3) is 0 Å². The van der Waals surface area contributed by atoms with E-state index in [2.05, 4.69) is 5.32 Å². The average Bonchev–Trinajstić information content (AvgIpc) is 2.50. The standard InChI is InChI=1S/C18H19N3O2/c1-13-8-6-7-11-20(13)12-16(22)21-15-10-5-4-9-14(15)19-17(23)18(21,2)3/h4-11H,12H2,1-3H3/p+1. The number of carbonyl (C=O) groups is 2. The van der Waals surface area contributed by atoms with Gasteiger partial charge in [-0.2, -0.15) is 4.57 Å². The van der Waals surface area contributed by atoms with Gasteiger partial charge in [0.15, 0.2) is 11.9 Å². The molecule has 0 spiro atoms. The van der Waals surface area contributed by atoms with Gasteiger partial charge in [-0.3, -0.25) is 14.5 Å². The molecular formula is C18H20N3O2+. The SMILES string of the molecule is Cc1cccc[n+]1CC(=O)N1c2ccccc2NC(=O)C1(C)C. The predicted octanol–water partition coefficient (Wildman–Crippen LogP) is 2.05. The lowest BCUT2D eigenvalue weighted by atomic mass is 9.96. The second-order valence-electron chi connectivity index (χ2n) is 6.23. The molecule has 2 amide bonds. The molecule has 5 heteroatoms. The summed E-state index contributed by atoms with van der Waals surface area (Å²) in [4.78, 5) is 27.0. The number of nitrogens with zero attached hydrogens (tertiary/aromatic N) is 2. The lowest BCUT2D eigenvalue weighted by Crippen LogP contribution is -2.61. The fraction of sp³-hybridized carbons (Fsp3) is 0.278. The van der Waals surface area contributed by atoms with Crippen LogP contribution >= 0.6 is 0 Å². The van der Waals surface area contributed by atoms with Crippen LogP contribution in [-0.2, 0) is 16.1 Å². The van der Waals surface area contributed by atoms with Gasteiger partial charge in [-0.15, -0.1) is 0 Å². The van der Waals surface area contributed by atoms with Crippen LogP contribution in [0.3, 0.4) is 0 Å². The quantitative estimate of drug-likeness (QED) is 0.863. The third kappa shape index (κ3) is 2.59. The van der Waals surface area contributed by atoms with Gasteiger partial charge in [0, 0.05) is 19.1 Å². The molecule has 0 bridgehead atoms. The number of amides is 2. The van der Waals surface area contributed by atoms with Crippen molar-refractivity contribution in [1.82, 2.24) is 0 Å². The monoisotopic (exact) mass is 310 g/mol. The number of pyridine rings is 1. The molecule has 1 aromatic carbocycles. The van der Waals surface area contributed by atoms with Gasteiger partial charge < -0.3 is 5.32 Å². The van der Waals surface area contributed by atoms with Crippen LogP contribution in [0.15, 0.2) is 48.7 Å². The van der Waals surface area contributed by atoms with Gasteiger partial charge in [-0.05, 0) is 26.0 Å². The van der Waals surface area contributed by atoms with E-state index in [4.69, 9.17) is 0 Å². The van der Waals surface area contributed by atoms with E-state index in [0.717, 1.165) is 11.4 Å². The Balaban J connectivity index is 2.01. The topological polar surface area (TPSA) is 53.3 Å². The molecule has 0 saturated carbocycles. The van der Waals surface area contributed by atoms with Crippen LogP contribution < -0.4 is 14.8 Å². The van der Waals surface area contributed by atoms with E-state index in [1.807, 2.05) is 60.2 Å². The van der Waals surface area contributed by atoms with Crippen molar-refractivity contribution in [2.45, 2.75) is 32.9 Å². The molecule has 23 heavy (non-hydrogen) atoms. The third-order valence-electron chi connectivity index (χ3n) is 4.23. The second-order valence-corrected chi connectivity index (χ2v) is 6.23. The third-order valence-corrected chi connectivity index (χ3v) is 4.23. The zero-order chi connectivity index (χ0) is 16.6. The van der Waals surface area contributed by atoms with Crippen LogP contribution in [0.1, 0.15) is 19.5 Å². The lowest BCUT2D eigenvalue weighted by Gasteiger charge is -2.41. The maximum Gasteiger partial charge on any atom is 0.293 e. The summed E-state index contributed by atoms with van der Waals surface area (Å²) in [6, 6.07) is 13.2. The summed E-state index contributed by atoms with van der Waals surface area (Å²) in [5.41, 5.74) is 1.46. The van der Waals surface area contributed by atoms with Gasteiger partial charge in [0.05, 0.1) is 11.4 Å². The van der Waals surface area contributed by atoms with Crippen molar-refractivity contribution in [3.05, 3.63) is 54.4 Å². The summed E-state index contributed by atoms with van der Waals surface area (Å²) >= 11 is 0. The molecule has 1 N–H and O–H groups in total. The number of rotatable bonds is 2. The minimum absolute atomic E-state index is 0.114. The molecule has 0 saturated heterocycles. The number of hydrogen-bond acceptors (Lipinski definition) is 2. The Labute approximate surface area is 135 Å².